The zero-order valence-corrected chi connectivity index (χ0v) is 19.6. The molecule has 0 unspecified atom stereocenters. The number of hydrogen-bond donors (Lipinski definition) is 2. The first-order chi connectivity index (χ1) is 16.2. The quantitative estimate of drug-likeness (QED) is 0.512. The summed E-state index contributed by atoms with van der Waals surface area (Å²) in [5, 5.41) is 5.14. The number of aromatic amines is 1. The zero-order valence-electron chi connectivity index (χ0n) is 18.8. The number of thiophene rings is 1. The van der Waals surface area contributed by atoms with E-state index in [4.69, 9.17) is 4.98 Å². The van der Waals surface area contributed by atoms with Gasteiger partial charge in [0.25, 0.3) is 5.56 Å². The number of benzene rings is 1. The molecule has 1 atom stereocenters. The molecule has 5 rings (SSSR count). The lowest BCUT2D eigenvalue weighted by molar-refractivity contribution is -0.125. The van der Waals surface area contributed by atoms with E-state index in [1.54, 1.807) is 0 Å². The van der Waals surface area contributed by atoms with Gasteiger partial charge in [0.2, 0.25) is 11.9 Å². The van der Waals surface area contributed by atoms with Crippen molar-refractivity contribution in [2.45, 2.75) is 44.9 Å². The van der Waals surface area contributed by atoms with Crippen molar-refractivity contribution in [2.75, 3.05) is 24.5 Å². The van der Waals surface area contributed by atoms with Crippen molar-refractivity contribution in [3.63, 3.8) is 0 Å². The van der Waals surface area contributed by atoms with Crippen molar-refractivity contribution in [1.29, 1.82) is 0 Å². The van der Waals surface area contributed by atoms with Crippen LogP contribution in [0.3, 0.4) is 0 Å². The van der Waals surface area contributed by atoms with Crippen LogP contribution in [0, 0.1) is 5.92 Å². The molecule has 3 aromatic rings. The number of amides is 1. The molecule has 1 fully saturated rings. The minimum Gasteiger partial charge on any atom is -0.355 e. The number of carbonyl (C=O) groups is 1. The highest BCUT2D eigenvalue weighted by molar-refractivity contribution is 7.17. The molecule has 7 heteroatoms. The number of nitrogens with zero attached hydrogens (tertiary/aromatic N) is 2. The molecule has 2 N–H and O–H groups in total. The molecule has 1 aliphatic heterocycles. The molecule has 1 saturated heterocycles. The second-order valence-electron chi connectivity index (χ2n) is 9.02. The van der Waals surface area contributed by atoms with Crippen LogP contribution in [-0.4, -0.2) is 35.5 Å². The molecule has 172 valence electrons. The van der Waals surface area contributed by atoms with Gasteiger partial charge in [-0.05, 0) is 50.5 Å². The van der Waals surface area contributed by atoms with E-state index in [9.17, 15) is 9.59 Å². The first-order valence-corrected chi connectivity index (χ1v) is 12.8. The van der Waals surface area contributed by atoms with E-state index >= 15 is 0 Å². The van der Waals surface area contributed by atoms with E-state index in [2.05, 4.69) is 21.3 Å². The molecule has 2 aliphatic rings. The van der Waals surface area contributed by atoms with Gasteiger partial charge >= 0.3 is 0 Å². The van der Waals surface area contributed by atoms with Gasteiger partial charge in [-0.3, -0.25) is 14.6 Å². The molecular formula is C26H30N4O2S. The smallest absolute Gasteiger partial charge is 0.270 e. The van der Waals surface area contributed by atoms with Gasteiger partial charge in [-0.25, -0.2) is 4.98 Å². The molecule has 0 spiro atoms. The van der Waals surface area contributed by atoms with Crippen LogP contribution in [0.4, 0.5) is 5.95 Å². The van der Waals surface area contributed by atoms with Gasteiger partial charge in [-0.15, -0.1) is 11.3 Å². The topological polar surface area (TPSA) is 78.1 Å². The Kier molecular flexibility index (Phi) is 6.58. The number of anilines is 1. The van der Waals surface area contributed by atoms with E-state index in [1.165, 1.54) is 42.6 Å². The third kappa shape index (κ3) is 4.88. The van der Waals surface area contributed by atoms with Crippen molar-refractivity contribution >= 4 is 33.4 Å². The number of piperidine rings is 1. The lowest BCUT2D eigenvalue weighted by Gasteiger charge is -2.32. The Morgan fingerprint density at radius 2 is 2.09 bits per heavy atom. The summed E-state index contributed by atoms with van der Waals surface area (Å²) in [6.07, 6.45) is 9.95. The van der Waals surface area contributed by atoms with Crippen LogP contribution < -0.4 is 15.8 Å². The fourth-order valence-corrected chi connectivity index (χ4v) is 5.80. The van der Waals surface area contributed by atoms with Crippen molar-refractivity contribution in [3.05, 3.63) is 57.7 Å². The van der Waals surface area contributed by atoms with E-state index in [1.807, 2.05) is 35.7 Å². The summed E-state index contributed by atoms with van der Waals surface area (Å²) in [6, 6.07) is 10.0. The summed E-state index contributed by atoms with van der Waals surface area (Å²) in [7, 11) is 0. The van der Waals surface area contributed by atoms with Crippen molar-refractivity contribution < 1.29 is 4.79 Å². The van der Waals surface area contributed by atoms with Gasteiger partial charge in [0.15, 0.2) is 0 Å². The summed E-state index contributed by atoms with van der Waals surface area (Å²) >= 11 is 1.42. The Balaban J connectivity index is 1.29. The normalized spacial score (nSPS) is 18.8. The highest BCUT2D eigenvalue weighted by Gasteiger charge is 2.27. The summed E-state index contributed by atoms with van der Waals surface area (Å²) < 4.78 is 0.640. The van der Waals surface area contributed by atoms with Crippen LogP contribution in [0.5, 0.6) is 0 Å². The monoisotopic (exact) mass is 462 g/mol. The fraction of sp³-hybridized carbons (Fsp3) is 0.423. The minimum absolute atomic E-state index is 0.0869. The largest absolute Gasteiger partial charge is 0.355 e. The van der Waals surface area contributed by atoms with Gasteiger partial charge in [0, 0.05) is 30.6 Å². The molecule has 0 bridgehead atoms. The van der Waals surface area contributed by atoms with E-state index in [-0.39, 0.29) is 17.4 Å². The molecular weight excluding hydrogens is 432 g/mol. The SMILES string of the molecule is O=C(NCCC1=CCCCC1)[C@@H]1CCCN(c2nc3c(-c4ccccc4)csc3c(=O)[nH]2)C1. The van der Waals surface area contributed by atoms with Crippen LogP contribution in [0.25, 0.3) is 21.3 Å². The second kappa shape index (κ2) is 9.91. The van der Waals surface area contributed by atoms with Gasteiger partial charge in [0.05, 0.1) is 11.4 Å². The molecule has 1 aromatic carbocycles. The molecule has 6 nitrogen and oxygen atoms in total. The highest BCUT2D eigenvalue weighted by atomic mass is 32.1. The fourth-order valence-electron chi connectivity index (χ4n) is 4.89. The first kappa shape index (κ1) is 21.9. The number of hydrogen-bond acceptors (Lipinski definition) is 5. The van der Waals surface area contributed by atoms with Crippen LogP contribution in [0.15, 0.2) is 52.2 Å². The predicted octanol–water partition coefficient (Wildman–Crippen LogP) is 4.87. The maximum absolute atomic E-state index is 12.8. The third-order valence-electron chi connectivity index (χ3n) is 6.72. The molecule has 33 heavy (non-hydrogen) atoms. The standard InChI is InChI=1S/C26H30N4O2S/c31-24(27-14-13-18-8-3-1-4-9-18)20-12-7-15-30(16-20)26-28-22-21(19-10-5-2-6-11-19)17-33-23(22)25(32)29-26/h2,5-6,8,10-11,17,20H,1,3-4,7,9,12-16H2,(H,27,31)(H,28,29,32)/t20-/m1/s1. The Labute approximate surface area is 197 Å². The summed E-state index contributed by atoms with van der Waals surface area (Å²) in [5.41, 5.74) is 4.13. The number of allylic oxidation sites excluding steroid dienone is 1. The zero-order chi connectivity index (χ0) is 22.6. The van der Waals surface area contributed by atoms with E-state index in [0.29, 0.717) is 23.7 Å². The summed E-state index contributed by atoms with van der Waals surface area (Å²) in [4.78, 5) is 35.5. The number of carbonyl (C=O) groups excluding carboxylic acids is 1. The van der Waals surface area contributed by atoms with Crippen LogP contribution in [-0.2, 0) is 4.79 Å². The molecule has 0 radical (unpaired) electrons. The number of fused-ring (bicyclic) bond motifs is 1. The minimum atomic E-state index is -0.116. The number of rotatable bonds is 6. The summed E-state index contributed by atoms with van der Waals surface area (Å²) in [6.45, 7) is 2.07. The Morgan fingerprint density at radius 1 is 1.21 bits per heavy atom. The molecule has 1 amide bonds. The van der Waals surface area contributed by atoms with Gasteiger partial charge in [-0.1, -0.05) is 42.0 Å². The van der Waals surface area contributed by atoms with E-state index in [0.717, 1.165) is 42.5 Å². The lowest BCUT2D eigenvalue weighted by Crippen LogP contribution is -2.44. The molecule has 1 aliphatic carbocycles. The van der Waals surface area contributed by atoms with Crippen LogP contribution in [0.1, 0.15) is 44.9 Å². The van der Waals surface area contributed by atoms with Crippen LogP contribution >= 0.6 is 11.3 Å². The number of H-pyrrole nitrogens is 1. The van der Waals surface area contributed by atoms with Gasteiger partial charge < -0.3 is 10.2 Å². The van der Waals surface area contributed by atoms with Crippen molar-refractivity contribution in [2.24, 2.45) is 5.92 Å². The van der Waals surface area contributed by atoms with Crippen LogP contribution in [0.2, 0.25) is 0 Å². The lowest BCUT2D eigenvalue weighted by atomic mass is 9.96. The van der Waals surface area contributed by atoms with Crippen molar-refractivity contribution in [1.82, 2.24) is 15.3 Å². The third-order valence-corrected chi connectivity index (χ3v) is 7.69. The maximum Gasteiger partial charge on any atom is 0.270 e. The predicted molar refractivity (Wildman–Crippen MR) is 135 cm³/mol. The summed E-state index contributed by atoms with van der Waals surface area (Å²) in [5.74, 6) is 0.587. The average Bonchev–Trinajstić information content (AvgIpc) is 3.30. The van der Waals surface area contributed by atoms with Crippen molar-refractivity contribution in [3.8, 4) is 11.1 Å². The molecule has 3 heterocycles. The van der Waals surface area contributed by atoms with Gasteiger partial charge in [-0.2, -0.15) is 0 Å². The Bertz CT molecular complexity index is 1210. The Morgan fingerprint density at radius 3 is 2.91 bits per heavy atom. The average molecular weight is 463 g/mol. The molecule has 2 aromatic heterocycles. The Hall–Kier alpha value is -2.93. The first-order valence-electron chi connectivity index (χ1n) is 12.0. The highest BCUT2D eigenvalue weighted by Crippen LogP contribution is 2.32. The number of nitrogens with one attached hydrogen (secondary N) is 2. The second-order valence-corrected chi connectivity index (χ2v) is 9.90. The van der Waals surface area contributed by atoms with Gasteiger partial charge in [0.1, 0.15) is 4.70 Å². The molecule has 0 saturated carbocycles. The number of aromatic nitrogens is 2. The van der Waals surface area contributed by atoms with E-state index < -0.39 is 0 Å². The maximum atomic E-state index is 12.8.